The molecule has 0 radical (unpaired) electrons. The van der Waals surface area contributed by atoms with E-state index in [1.54, 1.807) is 4.13 Å². The Kier molecular flexibility index (Phi) is 7.03. The fourth-order valence-electron chi connectivity index (χ4n) is 10.3. The van der Waals surface area contributed by atoms with Crippen LogP contribution in [0.5, 0.6) is 0 Å². The Morgan fingerprint density at radius 1 is 0.585 bits per heavy atom. The molecule has 0 spiro atoms. The van der Waals surface area contributed by atoms with Crippen LogP contribution in [0.25, 0.3) is 0 Å². The van der Waals surface area contributed by atoms with Crippen molar-refractivity contribution in [1.82, 2.24) is 4.13 Å². The summed E-state index contributed by atoms with van der Waals surface area (Å²) >= 11 is 0. The third-order valence-corrected chi connectivity index (χ3v) is 16.7. The van der Waals surface area contributed by atoms with Gasteiger partial charge >= 0.3 is 11.9 Å². The van der Waals surface area contributed by atoms with Crippen molar-refractivity contribution in [3.63, 3.8) is 0 Å². The molecule has 8 aliphatic rings. The van der Waals surface area contributed by atoms with Gasteiger partial charge in [0.25, 0.3) is 0 Å². The van der Waals surface area contributed by atoms with Crippen LogP contribution in [0.15, 0.2) is 0 Å². The quantitative estimate of drug-likeness (QED) is 0.361. The lowest BCUT2D eigenvalue weighted by molar-refractivity contribution is -0.158. The van der Waals surface area contributed by atoms with Gasteiger partial charge in [0.1, 0.15) is 0 Å². The third kappa shape index (κ3) is 5.17. The molecule has 0 aromatic carbocycles. The zero-order valence-electron chi connectivity index (χ0n) is 24.9. The summed E-state index contributed by atoms with van der Waals surface area (Å²) in [5.41, 5.74) is -0.210. The van der Waals surface area contributed by atoms with Gasteiger partial charge < -0.3 is 9.47 Å². The molecular formula is C30H47NO8S2. The maximum Gasteiger partial charge on any atom is 0.328 e. The van der Waals surface area contributed by atoms with Crippen molar-refractivity contribution in [3.05, 3.63) is 0 Å². The van der Waals surface area contributed by atoms with Gasteiger partial charge in [0.2, 0.25) is 20.0 Å². The number of rotatable bonds is 10. The van der Waals surface area contributed by atoms with Gasteiger partial charge in [-0.2, -0.15) is 0 Å². The van der Waals surface area contributed by atoms with Crippen molar-refractivity contribution >= 4 is 32.0 Å². The number of carbonyl (C=O) groups is 2. The lowest BCUT2D eigenvalue weighted by Crippen LogP contribution is -2.57. The van der Waals surface area contributed by atoms with Crippen LogP contribution in [-0.2, 0) is 39.1 Å². The minimum Gasteiger partial charge on any atom is -0.464 e. The lowest BCUT2D eigenvalue weighted by Gasteiger charge is -2.56. The molecule has 0 atom stereocenters. The largest absolute Gasteiger partial charge is 0.464 e. The number of carbonyl (C=O) groups excluding carboxylic acids is 2. The highest BCUT2D eigenvalue weighted by Crippen LogP contribution is 2.61. The Labute approximate surface area is 245 Å². The van der Waals surface area contributed by atoms with Crippen LogP contribution in [0.1, 0.15) is 105 Å². The number of nitrogens with one attached hydrogen (secondary N) is 1. The molecule has 41 heavy (non-hydrogen) atoms. The Morgan fingerprint density at radius 2 is 0.829 bits per heavy atom. The van der Waals surface area contributed by atoms with E-state index < -0.39 is 41.5 Å². The van der Waals surface area contributed by atoms with Crippen molar-refractivity contribution in [2.45, 2.75) is 114 Å². The van der Waals surface area contributed by atoms with Crippen molar-refractivity contribution in [2.75, 3.05) is 13.2 Å². The van der Waals surface area contributed by atoms with Gasteiger partial charge in [-0.05, 0) is 140 Å². The summed E-state index contributed by atoms with van der Waals surface area (Å²) in [4.78, 5) is 26.3. The third-order valence-electron chi connectivity index (χ3n) is 11.9. The van der Waals surface area contributed by atoms with Gasteiger partial charge in [-0.1, -0.05) is 0 Å². The van der Waals surface area contributed by atoms with Crippen molar-refractivity contribution in [2.24, 2.45) is 46.3 Å². The molecule has 11 heteroatoms. The number of sulfonamides is 2. The second-order valence-electron chi connectivity index (χ2n) is 16.1. The minimum absolute atomic E-state index is 0.105. The van der Waals surface area contributed by atoms with Gasteiger partial charge in [0.05, 0.1) is 13.2 Å². The average molecular weight is 614 g/mol. The standard InChI is InChI=1S/C30H47NO8S2/c1-27(2,25(32)38-17-29-11-19-5-20(12-29)7-21(6-19)13-29)40(34,35)31-41(36,37)28(3,4)26(33)39-18-30-14-22-8-23(15-30)10-24(9-22)16-30/h19-24,31H,5-18H2,1-4H3. The molecule has 8 rings (SSSR count). The lowest BCUT2D eigenvalue weighted by atomic mass is 9.50. The summed E-state index contributed by atoms with van der Waals surface area (Å²) < 4.78 is 62.0. The summed E-state index contributed by atoms with van der Waals surface area (Å²) in [6.07, 6.45) is 13.3. The molecule has 1 N–H and O–H groups in total. The molecule has 0 aromatic heterocycles. The van der Waals surface area contributed by atoms with Crippen LogP contribution < -0.4 is 4.13 Å². The summed E-state index contributed by atoms with van der Waals surface area (Å²) in [6.45, 7) is 4.89. The number of ether oxygens (including phenoxy) is 2. The maximum atomic E-state index is 13.3. The van der Waals surface area contributed by atoms with Crippen LogP contribution in [0, 0.1) is 46.3 Å². The van der Waals surface area contributed by atoms with Crippen LogP contribution in [0.2, 0.25) is 0 Å². The first kappa shape index (κ1) is 29.9. The van der Waals surface area contributed by atoms with Crippen LogP contribution in [0.4, 0.5) is 0 Å². The van der Waals surface area contributed by atoms with E-state index in [2.05, 4.69) is 0 Å². The zero-order valence-corrected chi connectivity index (χ0v) is 26.6. The molecular weight excluding hydrogens is 566 g/mol. The summed E-state index contributed by atoms with van der Waals surface area (Å²) in [5, 5.41) is 0. The van der Waals surface area contributed by atoms with Gasteiger partial charge in [-0.25, -0.2) is 16.8 Å². The minimum atomic E-state index is -4.78. The van der Waals surface area contributed by atoms with Gasteiger partial charge in [-0.15, -0.1) is 4.13 Å². The molecule has 8 aliphatic carbocycles. The van der Waals surface area contributed by atoms with Crippen LogP contribution >= 0.6 is 0 Å². The van der Waals surface area contributed by atoms with Crippen molar-refractivity contribution < 1.29 is 35.9 Å². The van der Waals surface area contributed by atoms with Gasteiger partial charge in [0, 0.05) is 10.8 Å². The van der Waals surface area contributed by atoms with Crippen molar-refractivity contribution in [3.8, 4) is 0 Å². The molecule has 0 unspecified atom stereocenters. The van der Waals surface area contributed by atoms with Crippen LogP contribution in [0.3, 0.4) is 0 Å². The van der Waals surface area contributed by atoms with E-state index in [0.29, 0.717) is 35.5 Å². The molecule has 0 amide bonds. The predicted octanol–water partition coefficient (Wildman–Crippen LogP) is 4.31. The monoisotopic (exact) mass is 613 g/mol. The molecule has 0 heterocycles. The van der Waals surface area contributed by atoms with Crippen LogP contribution in [-0.4, -0.2) is 51.5 Å². The maximum absolute atomic E-state index is 13.3. The topological polar surface area (TPSA) is 133 Å². The number of hydrogen-bond donors (Lipinski definition) is 1. The zero-order chi connectivity index (χ0) is 29.6. The summed E-state index contributed by atoms with van der Waals surface area (Å²) in [7, 11) is -9.57. The molecule has 0 aromatic rings. The number of hydrogen-bond acceptors (Lipinski definition) is 8. The first-order chi connectivity index (χ1) is 18.9. The van der Waals surface area contributed by atoms with Crippen molar-refractivity contribution in [1.29, 1.82) is 0 Å². The summed E-state index contributed by atoms with van der Waals surface area (Å²) in [6, 6.07) is 0. The van der Waals surface area contributed by atoms with E-state index in [1.807, 2.05) is 0 Å². The Balaban J connectivity index is 1.08. The second-order valence-corrected chi connectivity index (χ2v) is 20.8. The number of esters is 2. The molecule has 8 bridgehead atoms. The molecule has 232 valence electrons. The fraction of sp³-hybridized carbons (Fsp3) is 0.933. The van der Waals surface area contributed by atoms with E-state index >= 15 is 0 Å². The predicted molar refractivity (Wildman–Crippen MR) is 152 cm³/mol. The molecule has 8 fully saturated rings. The first-order valence-electron chi connectivity index (χ1n) is 15.6. The molecule has 0 aliphatic heterocycles. The highest BCUT2D eigenvalue weighted by Gasteiger charge is 2.56. The highest BCUT2D eigenvalue weighted by molar-refractivity contribution is 8.06. The Morgan fingerprint density at radius 3 is 1.07 bits per heavy atom. The Bertz CT molecular complexity index is 1140. The second kappa shape index (κ2) is 9.65. The van der Waals surface area contributed by atoms with E-state index in [0.717, 1.165) is 66.2 Å². The normalized spacial score (nSPS) is 39.6. The summed E-state index contributed by atoms with van der Waals surface area (Å²) in [5.74, 6) is 1.90. The van der Waals surface area contributed by atoms with E-state index in [1.165, 1.54) is 38.5 Å². The van der Waals surface area contributed by atoms with Gasteiger partial charge in [0.15, 0.2) is 9.49 Å². The van der Waals surface area contributed by atoms with Gasteiger partial charge in [-0.3, -0.25) is 9.59 Å². The first-order valence-corrected chi connectivity index (χ1v) is 18.5. The highest BCUT2D eigenvalue weighted by atomic mass is 32.3. The Hall–Kier alpha value is -1.20. The van der Waals surface area contributed by atoms with E-state index in [-0.39, 0.29) is 24.0 Å². The fourth-order valence-corrected chi connectivity index (χ4v) is 13.7. The van der Waals surface area contributed by atoms with E-state index in [4.69, 9.17) is 9.47 Å². The average Bonchev–Trinajstić information content (AvgIpc) is 2.83. The van der Waals surface area contributed by atoms with E-state index in [9.17, 15) is 26.4 Å². The molecule has 0 saturated heterocycles. The smallest absolute Gasteiger partial charge is 0.328 e. The molecule has 9 nitrogen and oxygen atoms in total. The SMILES string of the molecule is CC(C)(C(=O)OCC12CC3CC(CC(C3)C1)C2)S(=O)(=O)NS(=O)(=O)C(C)(C)C(=O)OCC12CC3CC(CC(C3)C1)C2. The molecule has 8 saturated carbocycles.